The van der Waals surface area contributed by atoms with E-state index < -0.39 is 6.04 Å². The lowest BCUT2D eigenvalue weighted by Crippen LogP contribution is -2.52. The summed E-state index contributed by atoms with van der Waals surface area (Å²) in [6.07, 6.45) is 2.16. The molecule has 3 rings (SSSR count). The van der Waals surface area contributed by atoms with Crippen molar-refractivity contribution < 1.29 is 14.3 Å². The van der Waals surface area contributed by atoms with E-state index in [0.717, 1.165) is 28.9 Å². The number of hydrogen-bond acceptors (Lipinski definition) is 3. The van der Waals surface area contributed by atoms with Crippen LogP contribution in [0.1, 0.15) is 49.8 Å². The van der Waals surface area contributed by atoms with Crippen molar-refractivity contribution in [2.45, 2.75) is 65.1 Å². The maximum Gasteiger partial charge on any atom is 0.243 e. The van der Waals surface area contributed by atoms with Crippen LogP contribution < -0.4 is 10.1 Å². The van der Waals surface area contributed by atoms with Gasteiger partial charge in [0.05, 0.1) is 6.61 Å². The van der Waals surface area contributed by atoms with Crippen molar-refractivity contribution in [3.05, 3.63) is 102 Å². The molecule has 0 saturated heterocycles. The Bertz CT molecular complexity index is 1090. The Morgan fingerprint density at radius 3 is 2.22 bits per heavy atom. The Hall–Kier alpha value is -3.60. The van der Waals surface area contributed by atoms with Crippen molar-refractivity contribution in [2.75, 3.05) is 6.61 Å². The number of aryl methyl sites for hydroxylation is 1. The number of nitrogens with one attached hydrogen (secondary N) is 1. The molecule has 0 radical (unpaired) electrons. The van der Waals surface area contributed by atoms with Crippen molar-refractivity contribution in [1.29, 1.82) is 0 Å². The fraction of sp³-hybridized carbons (Fsp3) is 0.355. The molecule has 0 fully saturated rings. The van der Waals surface area contributed by atoms with Crippen molar-refractivity contribution in [3.8, 4) is 5.75 Å². The molecule has 0 aliphatic heterocycles. The zero-order valence-electron chi connectivity index (χ0n) is 21.7. The lowest BCUT2D eigenvalue weighted by atomic mass is 10.0. The van der Waals surface area contributed by atoms with E-state index in [0.29, 0.717) is 32.4 Å². The Kier molecular flexibility index (Phi) is 10.6. The highest BCUT2D eigenvalue weighted by Crippen LogP contribution is 2.19. The summed E-state index contributed by atoms with van der Waals surface area (Å²) in [6.45, 7) is 6.90. The number of carbonyl (C=O) groups excluding carboxylic acids is 2. The Morgan fingerprint density at radius 2 is 1.56 bits per heavy atom. The third-order valence-electron chi connectivity index (χ3n) is 6.42. The average Bonchev–Trinajstić information content (AvgIpc) is 2.90. The molecule has 3 aromatic carbocycles. The van der Waals surface area contributed by atoms with Gasteiger partial charge in [0.25, 0.3) is 0 Å². The zero-order chi connectivity index (χ0) is 25.8. The smallest absolute Gasteiger partial charge is 0.243 e. The summed E-state index contributed by atoms with van der Waals surface area (Å²) >= 11 is 0. The van der Waals surface area contributed by atoms with Gasteiger partial charge in [0.15, 0.2) is 0 Å². The normalized spacial score (nSPS) is 12.4. The first-order valence-electron chi connectivity index (χ1n) is 12.8. The molecule has 0 bridgehead atoms. The van der Waals surface area contributed by atoms with Crippen molar-refractivity contribution in [1.82, 2.24) is 10.2 Å². The monoisotopic (exact) mass is 486 g/mol. The highest BCUT2D eigenvalue weighted by molar-refractivity contribution is 5.88. The van der Waals surface area contributed by atoms with Gasteiger partial charge >= 0.3 is 0 Å². The van der Waals surface area contributed by atoms with Crippen LogP contribution in [0.15, 0.2) is 84.9 Å². The number of para-hydroxylation sites is 1. The molecule has 1 N–H and O–H groups in total. The number of benzene rings is 3. The van der Waals surface area contributed by atoms with E-state index in [4.69, 9.17) is 4.74 Å². The number of nitrogens with zero attached hydrogens (tertiary/aromatic N) is 1. The largest absolute Gasteiger partial charge is 0.494 e. The Labute approximate surface area is 215 Å². The van der Waals surface area contributed by atoms with Crippen LogP contribution in [-0.4, -0.2) is 35.4 Å². The van der Waals surface area contributed by atoms with Crippen LogP contribution in [0.3, 0.4) is 0 Å². The average molecular weight is 487 g/mol. The highest BCUT2D eigenvalue weighted by atomic mass is 16.5. The second-order valence-electron chi connectivity index (χ2n) is 9.24. The summed E-state index contributed by atoms with van der Waals surface area (Å²) in [4.78, 5) is 28.9. The van der Waals surface area contributed by atoms with E-state index in [1.54, 1.807) is 4.90 Å². The molecule has 0 aromatic heterocycles. The first-order valence-corrected chi connectivity index (χ1v) is 12.8. The number of hydrogen-bond donors (Lipinski definition) is 1. The SMILES string of the molecule is CC[C@@H](C)NC(=O)[C@H](Cc1ccccc1)N(Cc1ccccc1C)C(=O)CCCOc1ccccc1. The second kappa shape index (κ2) is 14.1. The minimum atomic E-state index is -0.608. The lowest BCUT2D eigenvalue weighted by Gasteiger charge is -2.33. The molecule has 3 aromatic rings. The summed E-state index contributed by atoms with van der Waals surface area (Å²) in [5, 5.41) is 3.12. The van der Waals surface area contributed by atoms with Crippen LogP contribution in [0.4, 0.5) is 0 Å². The quantitative estimate of drug-likeness (QED) is 0.315. The minimum absolute atomic E-state index is 0.0328. The Morgan fingerprint density at radius 1 is 0.917 bits per heavy atom. The van der Waals surface area contributed by atoms with Gasteiger partial charge in [0.2, 0.25) is 11.8 Å². The van der Waals surface area contributed by atoms with E-state index in [1.165, 1.54) is 0 Å². The van der Waals surface area contributed by atoms with Gasteiger partial charge in [-0.1, -0.05) is 79.7 Å². The van der Waals surface area contributed by atoms with Crippen LogP contribution in [-0.2, 0) is 22.6 Å². The fourth-order valence-corrected chi connectivity index (χ4v) is 4.04. The molecule has 2 atom stereocenters. The van der Waals surface area contributed by atoms with Crippen molar-refractivity contribution in [3.63, 3.8) is 0 Å². The molecule has 5 heteroatoms. The molecule has 0 spiro atoms. The van der Waals surface area contributed by atoms with Crippen LogP contribution >= 0.6 is 0 Å². The third kappa shape index (κ3) is 8.26. The van der Waals surface area contributed by atoms with Gasteiger partial charge in [-0.05, 0) is 55.5 Å². The topological polar surface area (TPSA) is 58.6 Å². The van der Waals surface area contributed by atoms with Crippen LogP contribution in [0.2, 0.25) is 0 Å². The van der Waals surface area contributed by atoms with E-state index in [1.807, 2.05) is 106 Å². The first-order chi connectivity index (χ1) is 17.5. The summed E-state index contributed by atoms with van der Waals surface area (Å²) in [6, 6.07) is 27.0. The summed E-state index contributed by atoms with van der Waals surface area (Å²) in [7, 11) is 0. The zero-order valence-corrected chi connectivity index (χ0v) is 21.7. The Balaban J connectivity index is 1.81. The summed E-state index contributed by atoms with van der Waals surface area (Å²) in [5.41, 5.74) is 3.17. The van der Waals surface area contributed by atoms with E-state index >= 15 is 0 Å². The number of rotatable bonds is 13. The minimum Gasteiger partial charge on any atom is -0.494 e. The predicted octanol–water partition coefficient (Wildman–Crippen LogP) is 5.71. The molecule has 0 unspecified atom stereocenters. The van der Waals surface area contributed by atoms with E-state index in [2.05, 4.69) is 5.32 Å². The number of carbonyl (C=O) groups is 2. The second-order valence-corrected chi connectivity index (χ2v) is 9.24. The predicted molar refractivity (Wildman–Crippen MR) is 145 cm³/mol. The van der Waals surface area contributed by atoms with Gasteiger partial charge in [-0.15, -0.1) is 0 Å². The van der Waals surface area contributed by atoms with Gasteiger partial charge in [-0.25, -0.2) is 0 Å². The van der Waals surface area contributed by atoms with Crippen LogP contribution in [0, 0.1) is 6.92 Å². The molecule has 5 nitrogen and oxygen atoms in total. The standard InChI is InChI=1S/C31H38N2O3/c1-4-25(3)32-31(35)29(22-26-15-7-5-8-16-26)33(23-27-17-12-11-14-24(27)2)30(34)20-13-21-36-28-18-9-6-10-19-28/h5-12,14-19,25,29H,4,13,20-23H2,1-3H3,(H,32,35)/t25-,29+/m1/s1. The van der Waals surface area contributed by atoms with Gasteiger partial charge in [-0.3, -0.25) is 9.59 Å². The molecule has 2 amide bonds. The van der Waals surface area contributed by atoms with Crippen LogP contribution in [0.5, 0.6) is 5.75 Å². The molecule has 0 heterocycles. The third-order valence-corrected chi connectivity index (χ3v) is 6.42. The van der Waals surface area contributed by atoms with E-state index in [9.17, 15) is 9.59 Å². The summed E-state index contributed by atoms with van der Waals surface area (Å²) < 4.78 is 5.79. The molecular weight excluding hydrogens is 448 g/mol. The maximum absolute atomic E-state index is 13.7. The van der Waals surface area contributed by atoms with Gasteiger partial charge < -0.3 is 15.0 Å². The maximum atomic E-state index is 13.7. The molecular formula is C31H38N2O3. The highest BCUT2D eigenvalue weighted by Gasteiger charge is 2.31. The van der Waals surface area contributed by atoms with E-state index in [-0.39, 0.29) is 17.9 Å². The summed E-state index contributed by atoms with van der Waals surface area (Å²) in [5.74, 6) is 0.627. The van der Waals surface area contributed by atoms with Crippen molar-refractivity contribution >= 4 is 11.8 Å². The number of amides is 2. The van der Waals surface area contributed by atoms with Gasteiger partial charge in [0, 0.05) is 25.4 Å². The number of ether oxygens (including phenoxy) is 1. The molecule has 0 saturated carbocycles. The first kappa shape index (κ1) is 27.0. The van der Waals surface area contributed by atoms with Gasteiger partial charge in [-0.2, -0.15) is 0 Å². The van der Waals surface area contributed by atoms with Crippen LogP contribution in [0.25, 0.3) is 0 Å². The lowest BCUT2D eigenvalue weighted by molar-refractivity contribution is -0.141. The van der Waals surface area contributed by atoms with Gasteiger partial charge in [0.1, 0.15) is 11.8 Å². The van der Waals surface area contributed by atoms with Crippen molar-refractivity contribution in [2.24, 2.45) is 0 Å². The molecule has 0 aliphatic rings. The molecule has 36 heavy (non-hydrogen) atoms. The fourth-order valence-electron chi connectivity index (χ4n) is 4.04. The molecule has 190 valence electrons. The molecule has 0 aliphatic carbocycles.